The second kappa shape index (κ2) is 9.60. The van der Waals surface area contributed by atoms with Gasteiger partial charge in [0.2, 0.25) is 0 Å². The van der Waals surface area contributed by atoms with E-state index in [1.54, 1.807) is 42.6 Å². The zero-order valence-corrected chi connectivity index (χ0v) is 21.3. The van der Waals surface area contributed by atoms with Crippen molar-refractivity contribution in [2.24, 2.45) is 11.8 Å². The summed E-state index contributed by atoms with van der Waals surface area (Å²) in [6.07, 6.45) is 6.08. The van der Waals surface area contributed by atoms with Crippen molar-refractivity contribution in [1.29, 1.82) is 5.26 Å². The minimum absolute atomic E-state index is 0.000340. The van der Waals surface area contributed by atoms with E-state index in [1.807, 2.05) is 13.0 Å². The Kier molecular flexibility index (Phi) is 6.46. The third-order valence-electron chi connectivity index (χ3n) is 7.27. The van der Waals surface area contributed by atoms with Gasteiger partial charge < -0.3 is 0 Å². The molecule has 0 bridgehead atoms. The third-order valence-corrected chi connectivity index (χ3v) is 8.22. The summed E-state index contributed by atoms with van der Waals surface area (Å²) in [5.41, 5.74) is 3.75. The highest BCUT2D eigenvalue weighted by Crippen LogP contribution is 2.47. The normalized spacial score (nSPS) is 21.0. The van der Waals surface area contributed by atoms with E-state index in [0.29, 0.717) is 53.3 Å². The lowest BCUT2D eigenvalue weighted by atomic mass is 9.66. The van der Waals surface area contributed by atoms with Crippen molar-refractivity contribution >= 4 is 15.6 Å². The van der Waals surface area contributed by atoms with Crippen LogP contribution in [0.5, 0.6) is 0 Å². The van der Waals surface area contributed by atoms with Crippen LogP contribution in [-0.4, -0.2) is 41.2 Å². The second-order valence-electron chi connectivity index (χ2n) is 9.73. The average Bonchev–Trinajstić information content (AvgIpc) is 2.89. The standard InChI is InChI=1S/C28H25FN4O3S/c1-16-20-9-10-22-25(21-5-3-4-6-24(21)29)32-28(33-26(22)23(20)13-18(14-30)27(16)34)17-7-8-19(31-15-17)11-12-37(2,35)36/h3-8,13,15-16,20,23H,9-12H2,1-2H3. The lowest BCUT2D eigenvalue weighted by Gasteiger charge is -2.38. The number of fused-ring (bicyclic) bond motifs is 3. The summed E-state index contributed by atoms with van der Waals surface area (Å²) in [5, 5.41) is 9.57. The van der Waals surface area contributed by atoms with Gasteiger partial charge in [-0.1, -0.05) is 25.1 Å². The van der Waals surface area contributed by atoms with Crippen LogP contribution in [-0.2, 0) is 27.5 Å². The Labute approximate surface area is 215 Å². The number of benzene rings is 1. The molecule has 2 aliphatic rings. The zero-order chi connectivity index (χ0) is 26.3. The quantitative estimate of drug-likeness (QED) is 0.498. The molecule has 2 heterocycles. The first-order valence-corrected chi connectivity index (χ1v) is 14.2. The SMILES string of the molecule is CC1C(=O)C(C#N)=CC2c3nc(-c4ccc(CCS(C)(=O)=O)nc4)nc(-c4ccccc4F)c3CCC12. The molecule has 0 N–H and O–H groups in total. The Bertz CT molecular complexity index is 1580. The highest BCUT2D eigenvalue weighted by molar-refractivity contribution is 7.90. The maximum absolute atomic E-state index is 15.0. The number of nitrogens with zero attached hydrogens (tertiary/aromatic N) is 4. The number of Topliss-reactive ketones (excluding diaryl/α,β-unsaturated/α-hetero) is 1. The van der Waals surface area contributed by atoms with Crippen LogP contribution < -0.4 is 0 Å². The fourth-order valence-electron chi connectivity index (χ4n) is 5.27. The molecule has 3 atom stereocenters. The van der Waals surface area contributed by atoms with Gasteiger partial charge in [0.05, 0.1) is 22.7 Å². The maximum atomic E-state index is 15.0. The third kappa shape index (κ3) is 4.81. The monoisotopic (exact) mass is 516 g/mol. The largest absolute Gasteiger partial charge is 0.293 e. The molecule has 2 aromatic heterocycles. The van der Waals surface area contributed by atoms with Crippen molar-refractivity contribution in [2.75, 3.05) is 12.0 Å². The van der Waals surface area contributed by atoms with E-state index in [9.17, 15) is 22.9 Å². The van der Waals surface area contributed by atoms with E-state index >= 15 is 0 Å². The lowest BCUT2D eigenvalue weighted by molar-refractivity contribution is -0.120. The van der Waals surface area contributed by atoms with E-state index in [4.69, 9.17) is 9.97 Å². The van der Waals surface area contributed by atoms with E-state index in [1.165, 1.54) is 12.3 Å². The van der Waals surface area contributed by atoms with E-state index in [2.05, 4.69) is 4.98 Å². The molecule has 0 radical (unpaired) electrons. The van der Waals surface area contributed by atoms with Crippen molar-refractivity contribution in [2.45, 2.75) is 32.1 Å². The number of carbonyl (C=O) groups excluding carboxylic acids is 1. The summed E-state index contributed by atoms with van der Waals surface area (Å²) < 4.78 is 38.0. The highest BCUT2D eigenvalue weighted by atomic mass is 32.2. The molecule has 3 unspecified atom stereocenters. The smallest absolute Gasteiger partial charge is 0.176 e. The molecule has 188 valence electrons. The van der Waals surface area contributed by atoms with Crippen LogP contribution in [0, 0.1) is 29.0 Å². The van der Waals surface area contributed by atoms with Crippen molar-refractivity contribution < 1.29 is 17.6 Å². The highest BCUT2D eigenvalue weighted by Gasteiger charge is 2.42. The number of allylic oxidation sites excluding steroid dienone is 2. The summed E-state index contributed by atoms with van der Waals surface area (Å²) >= 11 is 0. The van der Waals surface area contributed by atoms with E-state index < -0.39 is 15.7 Å². The minimum Gasteiger partial charge on any atom is -0.293 e. The molecule has 2 aliphatic carbocycles. The van der Waals surface area contributed by atoms with Crippen molar-refractivity contribution in [3.05, 3.63) is 77.0 Å². The Morgan fingerprint density at radius 2 is 1.95 bits per heavy atom. The second-order valence-corrected chi connectivity index (χ2v) is 12.0. The van der Waals surface area contributed by atoms with Gasteiger partial charge in [0.25, 0.3) is 0 Å². The molecule has 37 heavy (non-hydrogen) atoms. The molecule has 0 saturated heterocycles. The van der Waals surface area contributed by atoms with Crippen molar-refractivity contribution in [3.8, 4) is 28.7 Å². The van der Waals surface area contributed by atoms with Gasteiger partial charge in [0.15, 0.2) is 11.6 Å². The first-order valence-electron chi connectivity index (χ1n) is 12.1. The predicted molar refractivity (Wildman–Crippen MR) is 136 cm³/mol. The van der Waals surface area contributed by atoms with Crippen LogP contribution in [0.2, 0.25) is 0 Å². The number of sulfone groups is 1. The summed E-state index contributed by atoms with van der Waals surface area (Å²) in [6.45, 7) is 1.86. The van der Waals surface area contributed by atoms with Gasteiger partial charge in [-0.3, -0.25) is 9.78 Å². The van der Waals surface area contributed by atoms with Gasteiger partial charge in [-0.25, -0.2) is 22.8 Å². The molecule has 0 saturated carbocycles. The summed E-state index contributed by atoms with van der Waals surface area (Å²) in [6, 6.07) is 12.0. The lowest BCUT2D eigenvalue weighted by Crippen LogP contribution is -2.35. The molecular formula is C28H25FN4O3S. The molecule has 0 spiro atoms. The topological polar surface area (TPSA) is 114 Å². The van der Waals surface area contributed by atoms with Crippen LogP contribution in [0.3, 0.4) is 0 Å². The first kappa shape index (κ1) is 24.9. The number of hydrogen-bond donors (Lipinski definition) is 0. The molecular weight excluding hydrogens is 491 g/mol. The Hall–Kier alpha value is -3.77. The van der Waals surface area contributed by atoms with Crippen LogP contribution in [0.4, 0.5) is 4.39 Å². The van der Waals surface area contributed by atoms with Gasteiger partial charge in [0, 0.05) is 53.1 Å². The van der Waals surface area contributed by atoms with Gasteiger partial charge >= 0.3 is 0 Å². The van der Waals surface area contributed by atoms with Gasteiger partial charge in [-0.05, 0) is 43.0 Å². The summed E-state index contributed by atoms with van der Waals surface area (Å²) in [7, 11) is -3.11. The molecule has 5 rings (SSSR count). The Morgan fingerprint density at radius 1 is 1.16 bits per heavy atom. The van der Waals surface area contributed by atoms with E-state index in [0.717, 1.165) is 5.56 Å². The Balaban J connectivity index is 1.65. The molecule has 0 aliphatic heterocycles. The molecule has 9 heteroatoms. The van der Waals surface area contributed by atoms with Crippen LogP contribution in [0.1, 0.15) is 36.2 Å². The maximum Gasteiger partial charge on any atom is 0.176 e. The van der Waals surface area contributed by atoms with Crippen molar-refractivity contribution in [1.82, 2.24) is 15.0 Å². The van der Waals surface area contributed by atoms with Gasteiger partial charge in [-0.15, -0.1) is 0 Å². The number of aromatic nitrogens is 3. The minimum atomic E-state index is -3.11. The number of ketones is 1. The number of halogens is 1. The fraction of sp³-hybridized carbons (Fsp3) is 0.321. The number of nitriles is 1. The molecule has 3 aromatic rings. The molecule has 7 nitrogen and oxygen atoms in total. The summed E-state index contributed by atoms with van der Waals surface area (Å²) in [5.74, 6) is -0.777. The van der Waals surface area contributed by atoms with Crippen molar-refractivity contribution in [3.63, 3.8) is 0 Å². The van der Waals surface area contributed by atoms with E-state index in [-0.39, 0.29) is 34.9 Å². The summed E-state index contributed by atoms with van der Waals surface area (Å²) in [4.78, 5) is 26.7. The number of aryl methyl sites for hydroxylation is 1. The van der Waals surface area contributed by atoms with Gasteiger partial charge in [-0.2, -0.15) is 5.26 Å². The first-order chi connectivity index (χ1) is 17.7. The predicted octanol–water partition coefficient (Wildman–Crippen LogP) is 4.25. The fourth-order valence-corrected chi connectivity index (χ4v) is 5.85. The number of pyridine rings is 1. The molecule has 0 fully saturated rings. The van der Waals surface area contributed by atoms with Crippen LogP contribution in [0.25, 0.3) is 22.6 Å². The van der Waals surface area contributed by atoms with Crippen LogP contribution in [0.15, 0.2) is 54.2 Å². The molecule has 0 amide bonds. The number of carbonyl (C=O) groups is 1. The Morgan fingerprint density at radius 3 is 2.62 bits per heavy atom. The zero-order valence-electron chi connectivity index (χ0n) is 20.5. The number of rotatable bonds is 5. The average molecular weight is 517 g/mol. The van der Waals surface area contributed by atoms with Gasteiger partial charge in [0.1, 0.15) is 21.7 Å². The number of hydrogen-bond acceptors (Lipinski definition) is 7. The van der Waals surface area contributed by atoms with Crippen LogP contribution >= 0.6 is 0 Å². The molecule has 1 aromatic carbocycles.